The lowest BCUT2D eigenvalue weighted by atomic mass is 9.98. The highest BCUT2D eigenvalue weighted by molar-refractivity contribution is 5.37. The molecule has 4 nitrogen and oxygen atoms in total. The SMILES string of the molecule is Fc1cccnc1NCc1ccnc(OC2CCCCC2)c1. The lowest BCUT2D eigenvalue weighted by Gasteiger charge is -2.22. The summed E-state index contributed by atoms with van der Waals surface area (Å²) >= 11 is 0. The van der Waals surface area contributed by atoms with Crippen LogP contribution in [-0.2, 0) is 6.54 Å². The van der Waals surface area contributed by atoms with Crippen molar-refractivity contribution in [2.75, 3.05) is 5.32 Å². The Morgan fingerprint density at radius 3 is 2.82 bits per heavy atom. The predicted octanol–water partition coefficient (Wildman–Crippen LogP) is 3.94. The van der Waals surface area contributed by atoms with Crippen LogP contribution in [-0.4, -0.2) is 16.1 Å². The van der Waals surface area contributed by atoms with Gasteiger partial charge in [-0.25, -0.2) is 14.4 Å². The van der Waals surface area contributed by atoms with Crippen LogP contribution in [0.2, 0.25) is 0 Å². The highest BCUT2D eigenvalue weighted by Crippen LogP contribution is 2.22. The Hall–Kier alpha value is -2.17. The molecule has 0 bridgehead atoms. The summed E-state index contributed by atoms with van der Waals surface area (Å²) < 4.78 is 19.5. The molecule has 0 spiro atoms. The van der Waals surface area contributed by atoms with Crippen LogP contribution >= 0.6 is 0 Å². The van der Waals surface area contributed by atoms with Gasteiger partial charge in [-0.3, -0.25) is 0 Å². The lowest BCUT2D eigenvalue weighted by Crippen LogP contribution is -2.20. The molecule has 0 atom stereocenters. The van der Waals surface area contributed by atoms with Gasteiger partial charge in [0.2, 0.25) is 5.88 Å². The number of aromatic nitrogens is 2. The molecule has 1 N–H and O–H groups in total. The second kappa shape index (κ2) is 7.20. The van der Waals surface area contributed by atoms with E-state index in [9.17, 15) is 4.39 Å². The van der Waals surface area contributed by atoms with Crippen molar-refractivity contribution in [3.05, 3.63) is 48.0 Å². The second-order valence-electron chi connectivity index (χ2n) is 5.57. The highest BCUT2D eigenvalue weighted by Gasteiger charge is 2.15. The first kappa shape index (κ1) is 14.8. The Kier molecular flexibility index (Phi) is 4.83. The van der Waals surface area contributed by atoms with Crippen molar-refractivity contribution in [1.29, 1.82) is 0 Å². The molecule has 1 aliphatic carbocycles. The van der Waals surface area contributed by atoms with E-state index in [1.807, 2.05) is 12.1 Å². The number of pyridine rings is 2. The molecule has 5 heteroatoms. The largest absolute Gasteiger partial charge is 0.474 e. The zero-order chi connectivity index (χ0) is 15.2. The summed E-state index contributed by atoms with van der Waals surface area (Å²) in [5.74, 6) is 0.553. The number of nitrogens with one attached hydrogen (secondary N) is 1. The van der Waals surface area contributed by atoms with Crippen molar-refractivity contribution >= 4 is 5.82 Å². The van der Waals surface area contributed by atoms with E-state index in [1.165, 1.54) is 25.3 Å². The third kappa shape index (κ3) is 3.93. The Balaban J connectivity index is 1.60. The maximum absolute atomic E-state index is 13.5. The normalized spacial score (nSPS) is 15.5. The van der Waals surface area contributed by atoms with E-state index in [0.29, 0.717) is 12.4 Å². The van der Waals surface area contributed by atoms with Crippen LogP contribution < -0.4 is 10.1 Å². The van der Waals surface area contributed by atoms with Gasteiger partial charge in [0, 0.05) is 25.0 Å². The van der Waals surface area contributed by atoms with Gasteiger partial charge in [-0.15, -0.1) is 0 Å². The van der Waals surface area contributed by atoms with E-state index >= 15 is 0 Å². The minimum absolute atomic E-state index is 0.258. The fourth-order valence-corrected chi connectivity index (χ4v) is 2.68. The molecular formula is C17H20FN3O. The minimum atomic E-state index is -0.352. The molecule has 1 fully saturated rings. The van der Waals surface area contributed by atoms with Crippen molar-refractivity contribution < 1.29 is 9.13 Å². The van der Waals surface area contributed by atoms with Crippen molar-refractivity contribution in [3.8, 4) is 5.88 Å². The summed E-state index contributed by atoms with van der Waals surface area (Å²) in [6, 6.07) is 6.76. The summed E-state index contributed by atoms with van der Waals surface area (Å²) in [5, 5.41) is 2.99. The Morgan fingerprint density at radius 2 is 2.00 bits per heavy atom. The van der Waals surface area contributed by atoms with Crippen molar-refractivity contribution in [1.82, 2.24) is 9.97 Å². The van der Waals surface area contributed by atoms with Crippen molar-refractivity contribution in [3.63, 3.8) is 0 Å². The first-order chi connectivity index (χ1) is 10.8. The Labute approximate surface area is 129 Å². The van der Waals surface area contributed by atoms with E-state index in [1.54, 1.807) is 18.5 Å². The second-order valence-corrected chi connectivity index (χ2v) is 5.57. The van der Waals surface area contributed by atoms with E-state index in [0.717, 1.165) is 18.4 Å². The average Bonchev–Trinajstić information content (AvgIpc) is 2.55. The molecule has 0 radical (unpaired) electrons. The third-order valence-electron chi connectivity index (χ3n) is 3.86. The molecule has 0 amide bonds. The summed E-state index contributed by atoms with van der Waals surface area (Å²) in [6.45, 7) is 0.484. The summed E-state index contributed by atoms with van der Waals surface area (Å²) in [5.41, 5.74) is 0.992. The third-order valence-corrected chi connectivity index (χ3v) is 3.86. The lowest BCUT2D eigenvalue weighted by molar-refractivity contribution is 0.148. The van der Waals surface area contributed by atoms with Crippen molar-refractivity contribution in [2.24, 2.45) is 0 Å². The molecule has 116 valence electrons. The van der Waals surface area contributed by atoms with Gasteiger partial charge in [-0.1, -0.05) is 6.42 Å². The summed E-state index contributed by atoms with van der Waals surface area (Å²) in [6.07, 6.45) is 9.52. The smallest absolute Gasteiger partial charge is 0.213 e. The van der Waals surface area contributed by atoms with Gasteiger partial charge in [0.05, 0.1) is 0 Å². The first-order valence-electron chi connectivity index (χ1n) is 7.77. The predicted molar refractivity (Wildman–Crippen MR) is 83.3 cm³/mol. The van der Waals surface area contributed by atoms with Crippen molar-refractivity contribution in [2.45, 2.75) is 44.8 Å². The molecule has 2 heterocycles. The molecule has 2 aromatic rings. The molecule has 1 aliphatic rings. The highest BCUT2D eigenvalue weighted by atomic mass is 19.1. The fourth-order valence-electron chi connectivity index (χ4n) is 2.68. The van der Waals surface area contributed by atoms with Crippen LogP contribution in [0, 0.1) is 5.82 Å². The van der Waals surface area contributed by atoms with Gasteiger partial charge in [-0.05, 0) is 49.4 Å². The molecule has 3 rings (SSSR count). The summed E-state index contributed by atoms with van der Waals surface area (Å²) in [4.78, 5) is 8.24. The maximum Gasteiger partial charge on any atom is 0.213 e. The fraction of sp³-hybridized carbons (Fsp3) is 0.412. The number of hydrogen-bond donors (Lipinski definition) is 1. The molecule has 2 aromatic heterocycles. The van der Waals surface area contributed by atoms with E-state index in [2.05, 4.69) is 15.3 Å². The van der Waals surface area contributed by atoms with E-state index < -0.39 is 0 Å². The number of anilines is 1. The molecule has 0 unspecified atom stereocenters. The quantitative estimate of drug-likeness (QED) is 0.908. The van der Waals surface area contributed by atoms with Gasteiger partial charge in [0.1, 0.15) is 6.10 Å². The van der Waals surface area contributed by atoms with Crippen LogP contribution in [0.15, 0.2) is 36.7 Å². The van der Waals surface area contributed by atoms with Gasteiger partial charge < -0.3 is 10.1 Å². The monoisotopic (exact) mass is 301 g/mol. The van der Waals surface area contributed by atoms with E-state index in [4.69, 9.17) is 4.74 Å². The van der Waals surface area contributed by atoms with Crippen LogP contribution in [0.25, 0.3) is 0 Å². The zero-order valence-electron chi connectivity index (χ0n) is 12.5. The zero-order valence-corrected chi connectivity index (χ0v) is 12.5. The number of halogens is 1. The number of nitrogens with zero attached hydrogens (tertiary/aromatic N) is 2. The Bertz CT molecular complexity index is 614. The number of rotatable bonds is 5. The van der Waals surface area contributed by atoms with Gasteiger partial charge in [0.25, 0.3) is 0 Å². The van der Waals surface area contributed by atoms with Crippen LogP contribution in [0.1, 0.15) is 37.7 Å². The molecule has 0 aliphatic heterocycles. The number of ether oxygens (including phenoxy) is 1. The molecule has 0 aromatic carbocycles. The van der Waals surface area contributed by atoms with Crippen LogP contribution in [0.3, 0.4) is 0 Å². The molecular weight excluding hydrogens is 281 g/mol. The van der Waals surface area contributed by atoms with Gasteiger partial charge >= 0.3 is 0 Å². The summed E-state index contributed by atoms with van der Waals surface area (Å²) in [7, 11) is 0. The first-order valence-corrected chi connectivity index (χ1v) is 7.77. The number of hydrogen-bond acceptors (Lipinski definition) is 4. The van der Waals surface area contributed by atoms with Gasteiger partial charge in [-0.2, -0.15) is 0 Å². The topological polar surface area (TPSA) is 47.0 Å². The van der Waals surface area contributed by atoms with E-state index in [-0.39, 0.29) is 17.7 Å². The average molecular weight is 301 g/mol. The Morgan fingerprint density at radius 1 is 1.14 bits per heavy atom. The standard InChI is InChI=1S/C17H20FN3O/c18-15-7-4-9-20-17(15)21-12-13-8-10-19-16(11-13)22-14-5-2-1-3-6-14/h4,7-11,14H,1-3,5-6,12H2,(H,20,21). The van der Waals surface area contributed by atoms with Crippen LogP contribution in [0.4, 0.5) is 10.2 Å². The maximum atomic E-state index is 13.5. The molecule has 22 heavy (non-hydrogen) atoms. The minimum Gasteiger partial charge on any atom is -0.474 e. The van der Waals surface area contributed by atoms with Gasteiger partial charge in [0.15, 0.2) is 11.6 Å². The van der Waals surface area contributed by atoms with Crippen LogP contribution in [0.5, 0.6) is 5.88 Å². The molecule has 1 saturated carbocycles. The molecule has 0 saturated heterocycles.